The minimum atomic E-state index is -4.56. The third kappa shape index (κ3) is 4.83. The van der Waals surface area contributed by atoms with Crippen LogP contribution in [0, 0.1) is 18.6 Å². The molecule has 14 heteroatoms. The number of hydrogen-bond donors (Lipinski definition) is 1. The smallest absolute Gasteiger partial charge is 0.359 e. The Hall–Kier alpha value is -3.29. The average Bonchev–Trinajstić information content (AvgIpc) is 3.21. The normalized spacial score (nSPS) is 20.1. The summed E-state index contributed by atoms with van der Waals surface area (Å²) in [5, 5.41) is 8.34. The fraction of sp³-hybridized carbons (Fsp3) is 0.520. The van der Waals surface area contributed by atoms with Crippen LogP contribution in [-0.2, 0) is 11.3 Å². The molecule has 3 aromatic rings. The minimum absolute atomic E-state index is 0.0000159. The highest BCUT2D eigenvalue weighted by molar-refractivity contribution is 7.17. The van der Waals surface area contributed by atoms with Crippen LogP contribution in [0.5, 0.6) is 0 Å². The third-order valence-corrected chi connectivity index (χ3v) is 8.56. The summed E-state index contributed by atoms with van der Waals surface area (Å²) in [4.78, 5) is 33.2. The zero-order valence-corrected chi connectivity index (χ0v) is 21.7. The number of benzene rings is 1. The van der Waals surface area contributed by atoms with Crippen molar-refractivity contribution in [2.45, 2.75) is 63.3 Å². The second-order valence-corrected chi connectivity index (χ2v) is 11.4. The Bertz CT molecular complexity index is 1460. The molecule has 2 aromatic heterocycles. The van der Waals surface area contributed by atoms with E-state index in [0.29, 0.717) is 27.8 Å². The molecule has 2 saturated heterocycles. The average molecular weight is 569 g/mol. The predicted octanol–water partition coefficient (Wildman–Crippen LogP) is 4.45. The van der Waals surface area contributed by atoms with E-state index in [0.717, 1.165) is 28.5 Å². The Balaban J connectivity index is 1.22. The van der Waals surface area contributed by atoms with E-state index in [2.05, 4.69) is 15.4 Å². The van der Waals surface area contributed by atoms with E-state index in [1.54, 1.807) is 11.8 Å². The van der Waals surface area contributed by atoms with Crippen LogP contribution in [0.2, 0.25) is 0 Å². The lowest BCUT2D eigenvalue weighted by atomic mass is 9.93. The van der Waals surface area contributed by atoms with Crippen molar-refractivity contribution in [3.05, 3.63) is 40.0 Å². The van der Waals surface area contributed by atoms with Crippen molar-refractivity contribution in [1.82, 2.24) is 24.6 Å². The lowest BCUT2D eigenvalue weighted by Crippen LogP contribution is -2.48. The molecule has 8 nitrogen and oxygen atoms in total. The molecule has 0 spiro atoms. The zero-order chi connectivity index (χ0) is 27.6. The highest BCUT2D eigenvalue weighted by Crippen LogP contribution is 2.37. The van der Waals surface area contributed by atoms with Gasteiger partial charge in [0, 0.05) is 43.7 Å². The lowest BCUT2D eigenvalue weighted by molar-refractivity contribution is -0.183. The van der Waals surface area contributed by atoms with E-state index in [1.807, 2.05) is 0 Å². The van der Waals surface area contributed by atoms with Crippen molar-refractivity contribution < 1.29 is 31.5 Å². The number of nitrogens with one attached hydrogen (secondary N) is 1. The van der Waals surface area contributed by atoms with Crippen molar-refractivity contribution in [3.8, 4) is 0 Å². The summed E-state index contributed by atoms with van der Waals surface area (Å²) in [6, 6.07) is 0.230. The number of rotatable bonds is 6. The fourth-order valence-electron chi connectivity index (χ4n) is 5.30. The van der Waals surface area contributed by atoms with Crippen LogP contribution in [0.3, 0.4) is 0 Å². The van der Waals surface area contributed by atoms with E-state index in [9.17, 15) is 31.5 Å². The van der Waals surface area contributed by atoms with E-state index >= 15 is 0 Å². The summed E-state index contributed by atoms with van der Waals surface area (Å²) in [6.07, 6.45) is -2.39. The molecule has 0 bridgehead atoms. The molecule has 1 saturated carbocycles. The maximum absolute atomic E-state index is 15.0. The Morgan fingerprint density at radius 3 is 2.59 bits per heavy atom. The zero-order valence-electron chi connectivity index (χ0n) is 20.9. The summed E-state index contributed by atoms with van der Waals surface area (Å²) < 4.78 is 70.3. The fourth-order valence-corrected chi connectivity index (χ4v) is 6.31. The van der Waals surface area contributed by atoms with Gasteiger partial charge in [-0.2, -0.15) is 18.3 Å². The molecule has 1 atom stereocenters. The number of aryl methyl sites for hydroxylation is 1. The van der Waals surface area contributed by atoms with E-state index in [1.165, 1.54) is 11.3 Å². The van der Waals surface area contributed by atoms with Gasteiger partial charge in [0.15, 0.2) is 5.13 Å². The molecule has 3 fully saturated rings. The van der Waals surface area contributed by atoms with Gasteiger partial charge in [0.05, 0.1) is 22.3 Å². The van der Waals surface area contributed by atoms with Crippen LogP contribution in [-0.4, -0.2) is 74.3 Å². The largest absolute Gasteiger partial charge is 0.408 e. The topological polar surface area (TPSA) is 83.4 Å². The van der Waals surface area contributed by atoms with Gasteiger partial charge in [-0.3, -0.25) is 14.3 Å². The number of alkyl halides is 3. The number of fused-ring (bicyclic) bond motifs is 1. The van der Waals surface area contributed by atoms with E-state index in [4.69, 9.17) is 0 Å². The van der Waals surface area contributed by atoms with Gasteiger partial charge in [0.1, 0.15) is 29.1 Å². The molecular weight excluding hydrogens is 543 g/mol. The standard InChI is InChI=1S/C25H25F5N6O2S/c1-12-22(39-24(31-12)32-15-4-5-15)23(38)34-9-13(10-34)21-20-16(27)7-14(26)8-17(20)36(33-21)11-19(37)35-6-2-3-18(35)25(28,29)30/h7-8,13,15,18H,2-6,9-11H2,1H3,(H,31,32)/t18-/m0/s1. The third-order valence-electron chi connectivity index (χ3n) is 7.48. The number of nitrogens with zero attached hydrogens (tertiary/aromatic N) is 5. The van der Waals surface area contributed by atoms with Gasteiger partial charge in [-0.1, -0.05) is 11.3 Å². The molecule has 1 aliphatic carbocycles. The van der Waals surface area contributed by atoms with Crippen LogP contribution in [0.4, 0.5) is 27.1 Å². The first kappa shape index (κ1) is 26.0. The molecule has 0 radical (unpaired) electrons. The molecule has 2 aliphatic heterocycles. The SMILES string of the molecule is Cc1nc(NC2CC2)sc1C(=O)N1CC(c2nn(CC(=O)N3CCC[C@H]3C(F)(F)F)c3cc(F)cc(F)c23)C1. The van der Waals surface area contributed by atoms with Gasteiger partial charge < -0.3 is 15.1 Å². The highest BCUT2D eigenvalue weighted by Gasteiger charge is 2.48. The van der Waals surface area contributed by atoms with Crippen LogP contribution < -0.4 is 5.32 Å². The number of carbonyl (C=O) groups is 2. The Labute approximate surface area is 223 Å². The number of amides is 2. The first-order valence-corrected chi connectivity index (χ1v) is 13.6. The highest BCUT2D eigenvalue weighted by atomic mass is 32.1. The molecular formula is C25H25F5N6O2S. The number of likely N-dealkylation sites (tertiary alicyclic amines) is 2. The number of halogens is 5. The van der Waals surface area contributed by atoms with Gasteiger partial charge in [0.2, 0.25) is 5.91 Å². The van der Waals surface area contributed by atoms with Crippen LogP contribution in [0.1, 0.15) is 52.7 Å². The summed E-state index contributed by atoms with van der Waals surface area (Å²) >= 11 is 1.28. The van der Waals surface area contributed by atoms with Crippen molar-refractivity contribution in [2.24, 2.45) is 0 Å². The Morgan fingerprint density at radius 1 is 1.15 bits per heavy atom. The van der Waals surface area contributed by atoms with Crippen molar-refractivity contribution in [3.63, 3.8) is 0 Å². The number of thiazole rings is 1. The predicted molar refractivity (Wildman–Crippen MR) is 133 cm³/mol. The second kappa shape index (κ2) is 9.42. The first-order chi connectivity index (χ1) is 18.5. The molecule has 0 unspecified atom stereocenters. The lowest BCUT2D eigenvalue weighted by Gasteiger charge is -2.38. The molecule has 208 valence electrons. The maximum Gasteiger partial charge on any atom is 0.408 e. The summed E-state index contributed by atoms with van der Waals surface area (Å²) in [6.45, 7) is 1.57. The molecule has 6 rings (SSSR count). The molecule has 4 heterocycles. The summed E-state index contributed by atoms with van der Waals surface area (Å²) in [5.74, 6) is -3.19. The van der Waals surface area contributed by atoms with Gasteiger partial charge in [-0.25, -0.2) is 13.8 Å². The second-order valence-electron chi connectivity index (χ2n) is 10.4. The Kier molecular flexibility index (Phi) is 6.27. The summed E-state index contributed by atoms with van der Waals surface area (Å²) in [7, 11) is 0. The number of carbonyl (C=O) groups excluding carboxylic acids is 2. The maximum atomic E-state index is 15.0. The van der Waals surface area contributed by atoms with Gasteiger partial charge in [0.25, 0.3) is 5.91 Å². The van der Waals surface area contributed by atoms with Crippen molar-refractivity contribution in [1.29, 1.82) is 0 Å². The van der Waals surface area contributed by atoms with Crippen LogP contribution >= 0.6 is 11.3 Å². The summed E-state index contributed by atoms with van der Waals surface area (Å²) in [5.41, 5.74) is 0.841. The van der Waals surface area contributed by atoms with Gasteiger partial charge in [-0.15, -0.1) is 0 Å². The molecule has 39 heavy (non-hydrogen) atoms. The number of hydrogen-bond acceptors (Lipinski definition) is 6. The van der Waals surface area contributed by atoms with Crippen LogP contribution in [0.25, 0.3) is 10.9 Å². The van der Waals surface area contributed by atoms with E-state index in [-0.39, 0.29) is 60.9 Å². The van der Waals surface area contributed by atoms with Gasteiger partial charge >= 0.3 is 6.18 Å². The van der Waals surface area contributed by atoms with Crippen LogP contribution in [0.15, 0.2) is 12.1 Å². The minimum Gasteiger partial charge on any atom is -0.359 e. The molecule has 3 aliphatic rings. The molecule has 1 N–H and O–H groups in total. The molecule has 2 amide bonds. The first-order valence-electron chi connectivity index (χ1n) is 12.7. The number of anilines is 1. The number of aromatic nitrogens is 3. The van der Waals surface area contributed by atoms with Gasteiger partial charge in [-0.05, 0) is 32.6 Å². The Morgan fingerprint density at radius 2 is 1.90 bits per heavy atom. The monoisotopic (exact) mass is 568 g/mol. The quantitative estimate of drug-likeness (QED) is 0.445. The molecule has 1 aromatic carbocycles. The van der Waals surface area contributed by atoms with E-state index < -0.39 is 36.3 Å². The van der Waals surface area contributed by atoms with Crippen molar-refractivity contribution in [2.75, 3.05) is 25.0 Å². The van der Waals surface area contributed by atoms with Crippen molar-refractivity contribution >= 4 is 39.2 Å².